The lowest BCUT2D eigenvalue weighted by Crippen LogP contribution is -2.17. The maximum Gasteiger partial charge on any atom is 0.281 e. The van der Waals surface area contributed by atoms with Gasteiger partial charge in [0.15, 0.2) is 4.60 Å². The summed E-state index contributed by atoms with van der Waals surface area (Å²) in [7, 11) is 1.68. The monoisotopic (exact) mass is 373 g/mol. The van der Waals surface area contributed by atoms with Crippen molar-refractivity contribution in [1.29, 1.82) is 0 Å². The van der Waals surface area contributed by atoms with Crippen molar-refractivity contribution in [3.63, 3.8) is 0 Å². The van der Waals surface area contributed by atoms with E-state index in [-0.39, 0.29) is 9.63 Å². The SMILES string of the molecule is CN(C)Cc1cccc(NS(=O)(=O)c2c(Br)nnn2C)c1. The molecule has 0 aliphatic heterocycles. The van der Waals surface area contributed by atoms with Gasteiger partial charge in [-0.25, -0.2) is 4.68 Å². The van der Waals surface area contributed by atoms with E-state index in [2.05, 4.69) is 31.0 Å². The summed E-state index contributed by atoms with van der Waals surface area (Å²) in [6.45, 7) is 0.729. The molecular weight excluding hydrogens is 358 g/mol. The van der Waals surface area contributed by atoms with Gasteiger partial charge in [-0.1, -0.05) is 17.3 Å². The van der Waals surface area contributed by atoms with Crippen LogP contribution >= 0.6 is 15.9 Å². The van der Waals surface area contributed by atoms with Crippen molar-refractivity contribution in [2.45, 2.75) is 11.6 Å². The summed E-state index contributed by atoms with van der Waals surface area (Å²) >= 11 is 3.09. The second-order valence-corrected chi connectivity index (χ2v) is 7.20. The number of rotatable bonds is 5. The van der Waals surface area contributed by atoms with Gasteiger partial charge < -0.3 is 4.90 Å². The second kappa shape index (κ2) is 6.12. The number of nitrogens with one attached hydrogen (secondary N) is 1. The lowest BCUT2D eigenvalue weighted by atomic mass is 10.2. The molecule has 0 radical (unpaired) electrons. The van der Waals surface area contributed by atoms with E-state index in [0.717, 1.165) is 12.1 Å². The summed E-state index contributed by atoms with van der Waals surface area (Å²) in [5.41, 5.74) is 1.52. The Morgan fingerprint density at radius 1 is 1.38 bits per heavy atom. The molecule has 7 nitrogen and oxygen atoms in total. The zero-order valence-corrected chi connectivity index (χ0v) is 14.3. The van der Waals surface area contributed by atoms with E-state index in [9.17, 15) is 8.42 Å². The van der Waals surface area contributed by atoms with Crippen LogP contribution in [0.3, 0.4) is 0 Å². The van der Waals surface area contributed by atoms with Crippen LogP contribution < -0.4 is 4.72 Å². The number of sulfonamides is 1. The number of halogens is 1. The maximum atomic E-state index is 12.4. The summed E-state index contributed by atoms with van der Waals surface area (Å²) in [4.78, 5) is 2.01. The van der Waals surface area contributed by atoms with Gasteiger partial charge in [0.1, 0.15) is 0 Å². The first-order valence-corrected chi connectivity index (χ1v) is 8.39. The van der Waals surface area contributed by atoms with Gasteiger partial charge in [-0.3, -0.25) is 4.72 Å². The first kappa shape index (κ1) is 15.9. The Morgan fingerprint density at radius 2 is 2.10 bits per heavy atom. The van der Waals surface area contributed by atoms with Gasteiger partial charge in [0, 0.05) is 19.3 Å². The molecule has 0 fully saturated rings. The maximum absolute atomic E-state index is 12.4. The van der Waals surface area contributed by atoms with Crippen molar-refractivity contribution in [3.05, 3.63) is 34.4 Å². The van der Waals surface area contributed by atoms with Crippen molar-refractivity contribution >= 4 is 31.6 Å². The van der Waals surface area contributed by atoms with E-state index in [1.165, 1.54) is 11.7 Å². The van der Waals surface area contributed by atoms with Crippen molar-refractivity contribution in [1.82, 2.24) is 19.9 Å². The molecule has 114 valence electrons. The van der Waals surface area contributed by atoms with Crippen molar-refractivity contribution in [2.24, 2.45) is 7.05 Å². The van der Waals surface area contributed by atoms with Crippen LogP contribution in [0.1, 0.15) is 5.56 Å². The average molecular weight is 374 g/mol. The minimum absolute atomic E-state index is 0.0134. The predicted octanol–water partition coefficient (Wildman–Crippen LogP) is 1.44. The van der Waals surface area contributed by atoms with Crippen molar-refractivity contribution in [2.75, 3.05) is 18.8 Å². The molecule has 0 spiro atoms. The molecule has 9 heteroatoms. The first-order valence-electron chi connectivity index (χ1n) is 6.11. The zero-order valence-electron chi connectivity index (χ0n) is 11.9. The number of hydrogen-bond acceptors (Lipinski definition) is 5. The van der Waals surface area contributed by atoms with E-state index in [0.29, 0.717) is 5.69 Å². The molecule has 2 aromatic rings. The molecule has 0 aliphatic carbocycles. The average Bonchev–Trinajstić information content (AvgIpc) is 2.68. The third-order valence-corrected chi connectivity index (χ3v) is 4.94. The first-order chi connectivity index (χ1) is 9.79. The van der Waals surface area contributed by atoms with Crippen LogP contribution in [-0.4, -0.2) is 42.4 Å². The third-order valence-electron chi connectivity index (χ3n) is 2.67. The zero-order chi connectivity index (χ0) is 15.6. The molecule has 0 unspecified atom stereocenters. The molecule has 2 rings (SSSR count). The molecule has 0 aliphatic rings. The van der Waals surface area contributed by atoms with Gasteiger partial charge >= 0.3 is 0 Å². The van der Waals surface area contributed by atoms with Crippen LogP contribution in [0.2, 0.25) is 0 Å². The highest BCUT2D eigenvalue weighted by Gasteiger charge is 2.23. The van der Waals surface area contributed by atoms with E-state index < -0.39 is 10.0 Å². The molecule has 0 saturated heterocycles. The molecule has 0 atom stereocenters. The lowest BCUT2D eigenvalue weighted by molar-refractivity contribution is 0.402. The fraction of sp³-hybridized carbons (Fsp3) is 0.333. The normalized spacial score (nSPS) is 11.9. The van der Waals surface area contributed by atoms with Crippen LogP contribution in [0, 0.1) is 0 Å². The Morgan fingerprint density at radius 3 is 2.67 bits per heavy atom. The van der Waals surface area contributed by atoms with Crippen molar-refractivity contribution < 1.29 is 8.42 Å². The highest BCUT2D eigenvalue weighted by atomic mass is 79.9. The molecule has 0 bridgehead atoms. The third kappa shape index (κ3) is 3.80. The fourth-order valence-electron chi connectivity index (χ4n) is 1.91. The molecule has 1 N–H and O–H groups in total. The van der Waals surface area contributed by atoms with E-state index >= 15 is 0 Å². The molecule has 0 saturated carbocycles. The van der Waals surface area contributed by atoms with Gasteiger partial charge in [0.05, 0.1) is 0 Å². The Balaban J connectivity index is 2.29. The van der Waals surface area contributed by atoms with Gasteiger partial charge in [-0.05, 0) is 47.7 Å². The molecular formula is C12H16BrN5O2S. The predicted molar refractivity (Wildman–Crippen MR) is 83.3 cm³/mol. The highest BCUT2D eigenvalue weighted by Crippen LogP contribution is 2.22. The summed E-state index contributed by atoms with van der Waals surface area (Å²) in [6.07, 6.45) is 0. The molecule has 1 heterocycles. The number of anilines is 1. The van der Waals surface area contributed by atoms with Crippen LogP contribution in [0.15, 0.2) is 33.9 Å². The number of benzene rings is 1. The number of aryl methyl sites for hydroxylation is 1. The van der Waals surface area contributed by atoms with Gasteiger partial charge in [0.25, 0.3) is 10.0 Å². The van der Waals surface area contributed by atoms with Crippen LogP contribution in [0.4, 0.5) is 5.69 Å². The summed E-state index contributed by atoms with van der Waals surface area (Å²) < 4.78 is 28.7. The van der Waals surface area contributed by atoms with Crippen LogP contribution in [0.5, 0.6) is 0 Å². The highest BCUT2D eigenvalue weighted by molar-refractivity contribution is 9.10. The van der Waals surface area contributed by atoms with E-state index in [1.807, 2.05) is 31.1 Å². The van der Waals surface area contributed by atoms with Crippen LogP contribution in [0.25, 0.3) is 0 Å². The van der Waals surface area contributed by atoms with Gasteiger partial charge in [-0.15, -0.1) is 5.10 Å². The lowest BCUT2D eigenvalue weighted by Gasteiger charge is -2.12. The van der Waals surface area contributed by atoms with Gasteiger partial charge in [0.2, 0.25) is 5.03 Å². The molecule has 21 heavy (non-hydrogen) atoms. The Kier molecular flexibility index (Phi) is 4.64. The Bertz CT molecular complexity index is 722. The summed E-state index contributed by atoms with van der Waals surface area (Å²) in [6, 6.07) is 7.26. The topological polar surface area (TPSA) is 80.1 Å². The second-order valence-electron chi connectivity index (χ2n) is 4.85. The Labute approximate surface area is 132 Å². The molecule has 1 aromatic carbocycles. The molecule has 0 amide bonds. The van der Waals surface area contributed by atoms with E-state index in [1.54, 1.807) is 12.1 Å². The number of hydrogen-bond donors (Lipinski definition) is 1. The van der Waals surface area contributed by atoms with Crippen molar-refractivity contribution in [3.8, 4) is 0 Å². The Hall–Kier alpha value is -1.45. The molecule has 1 aromatic heterocycles. The number of aromatic nitrogens is 3. The summed E-state index contributed by atoms with van der Waals surface area (Å²) in [5, 5.41) is 7.35. The quantitative estimate of drug-likeness (QED) is 0.857. The fourth-order valence-corrected chi connectivity index (χ4v) is 4.06. The smallest absolute Gasteiger partial charge is 0.281 e. The number of nitrogens with zero attached hydrogens (tertiary/aromatic N) is 4. The largest absolute Gasteiger partial charge is 0.305 e. The minimum atomic E-state index is -3.75. The van der Waals surface area contributed by atoms with Crippen LogP contribution in [-0.2, 0) is 23.6 Å². The minimum Gasteiger partial charge on any atom is -0.305 e. The summed E-state index contributed by atoms with van der Waals surface area (Å²) in [5.74, 6) is 0. The van der Waals surface area contributed by atoms with E-state index in [4.69, 9.17) is 0 Å². The standard InChI is InChI=1S/C12H16BrN5O2S/c1-17(2)8-9-5-4-6-10(7-9)15-21(19,20)12-11(13)14-16-18(12)3/h4-7,15H,8H2,1-3H3. The van der Waals surface area contributed by atoms with Gasteiger partial charge in [-0.2, -0.15) is 8.42 Å².